The lowest BCUT2D eigenvalue weighted by molar-refractivity contribution is 0.646. The fourth-order valence-electron chi connectivity index (χ4n) is 1.44. The molecule has 0 saturated heterocycles. The fraction of sp³-hybridized carbons (Fsp3) is 0.600. The van der Waals surface area contributed by atoms with Crippen molar-refractivity contribution in [2.24, 2.45) is 5.73 Å². The smallest absolute Gasteiger partial charge is 0.267 e. The van der Waals surface area contributed by atoms with Gasteiger partial charge in [-0.3, -0.25) is 4.79 Å². The van der Waals surface area contributed by atoms with Gasteiger partial charge in [-0.1, -0.05) is 0 Å². The van der Waals surface area contributed by atoms with Crippen LogP contribution in [0.2, 0.25) is 0 Å². The second-order valence-corrected chi connectivity index (χ2v) is 4.59. The van der Waals surface area contributed by atoms with E-state index in [4.69, 9.17) is 5.73 Å². The van der Waals surface area contributed by atoms with E-state index in [1.807, 2.05) is 0 Å². The maximum atomic E-state index is 11.4. The van der Waals surface area contributed by atoms with E-state index in [9.17, 15) is 4.79 Å². The summed E-state index contributed by atoms with van der Waals surface area (Å²) in [7, 11) is 0. The molecule has 90 valence electrons. The number of anilines is 1. The van der Waals surface area contributed by atoms with Gasteiger partial charge in [-0.25, -0.2) is 4.98 Å². The van der Waals surface area contributed by atoms with E-state index in [0.29, 0.717) is 16.8 Å². The van der Waals surface area contributed by atoms with Crippen LogP contribution in [0.25, 0.3) is 0 Å². The first-order valence-electron chi connectivity index (χ1n) is 5.27. The van der Waals surface area contributed by atoms with Gasteiger partial charge in [-0.15, -0.1) is 0 Å². The third-order valence-corrected chi connectivity index (χ3v) is 2.99. The average molecular weight is 289 g/mol. The van der Waals surface area contributed by atoms with Crippen molar-refractivity contribution in [3.8, 4) is 0 Å². The van der Waals surface area contributed by atoms with Gasteiger partial charge in [-0.05, 0) is 42.7 Å². The predicted molar refractivity (Wildman–Crippen MR) is 68.7 cm³/mol. The van der Waals surface area contributed by atoms with Crippen LogP contribution in [0.15, 0.2) is 15.6 Å². The fourth-order valence-corrected chi connectivity index (χ4v) is 1.89. The van der Waals surface area contributed by atoms with E-state index >= 15 is 0 Å². The minimum Gasteiger partial charge on any atom is -0.353 e. The zero-order chi connectivity index (χ0) is 12.1. The minimum absolute atomic E-state index is 0.164. The SMILES string of the molecule is CC(C)N(CCCN)c1nc[nH]c(=O)c1Br. The topological polar surface area (TPSA) is 75.0 Å². The lowest BCUT2D eigenvalue weighted by atomic mass is 10.3. The van der Waals surface area contributed by atoms with Gasteiger partial charge in [0, 0.05) is 12.6 Å². The molecule has 0 fully saturated rings. The third-order valence-electron chi connectivity index (χ3n) is 2.28. The van der Waals surface area contributed by atoms with Crippen LogP contribution in [0.5, 0.6) is 0 Å². The molecule has 5 nitrogen and oxygen atoms in total. The highest BCUT2D eigenvalue weighted by Crippen LogP contribution is 2.21. The molecule has 1 rings (SSSR count). The second-order valence-electron chi connectivity index (χ2n) is 3.80. The highest BCUT2D eigenvalue weighted by molar-refractivity contribution is 9.10. The number of aromatic amines is 1. The molecular weight excluding hydrogens is 272 g/mol. The van der Waals surface area contributed by atoms with Crippen LogP contribution in [0.1, 0.15) is 20.3 Å². The molecule has 1 aromatic heterocycles. The van der Waals surface area contributed by atoms with Crippen molar-refractivity contribution in [1.29, 1.82) is 0 Å². The standard InChI is InChI=1S/C10H17BrN4O/c1-7(2)15(5-3-4-12)9-8(11)10(16)14-6-13-9/h6-7H,3-5,12H2,1-2H3,(H,13,14,16). The monoisotopic (exact) mass is 288 g/mol. The first-order chi connectivity index (χ1) is 7.57. The Kier molecular flexibility index (Phi) is 4.95. The van der Waals surface area contributed by atoms with Crippen LogP contribution in [0, 0.1) is 0 Å². The number of H-pyrrole nitrogens is 1. The number of hydrogen-bond acceptors (Lipinski definition) is 4. The molecule has 1 aromatic rings. The Bertz CT molecular complexity index is 391. The van der Waals surface area contributed by atoms with Crippen LogP contribution in [-0.2, 0) is 0 Å². The number of aromatic nitrogens is 2. The van der Waals surface area contributed by atoms with Crippen LogP contribution < -0.4 is 16.2 Å². The summed E-state index contributed by atoms with van der Waals surface area (Å²) < 4.78 is 0.473. The number of nitrogens with zero attached hydrogens (tertiary/aromatic N) is 2. The Morgan fingerprint density at radius 2 is 2.31 bits per heavy atom. The first-order valence-corrected chi connectivity index (χ1v) is 6.07. The van der Waals surface area contributed by atoms with Crippen molar-refractivity contribution in [3.63, 3.8) is 0 Å². The first kappa shape index (κ1) is 13.2. The van der Waals surface area contributed by atoms with Gasteiger partial charge in [-0.2, -0.15) is 0 Å². The largest absolute Gasteiger partial charge is 0.353 e. The van der Waals surface area contributed by atoms with E-state index in [1.165, 1.54) is 6.33 Å². The predicted octanol–water partition coefficient (Wildman–Crippen LogP) is 1.10. The van der Waals surface area contributed by atoms with Gasteiger partial charge < -0.3 is 15.6 Å². The highest BCUT2D eigenvalue weighted by atomic mass is 79.9. The summed E-state index contributed by atoms with van der Waals surface area (Å²) in [4.78, 5) is 20.2. The molecule has 1 heterocycles. The quantitative estimate of drug-likeness (QED) is 0.851. The third kappa shape index (κ3) is 3.05. The number of hydrogen-bond donors (Lipinski definition) is 2. The summed E-state index contributed by atoms with van der Waals surface area (Å²) in [5.41, 5.74) is 5.33. The number of rotatable bonds is 5. The van der Waals surface area contributed by atoms with Crippen LogP contribution in [-0.4, -0.2) is 29.1 Å². The second kappa shape index (κ2) is 6.00. The van der Waals surface area contributed by atoms with Crippen molar-refractivity contribution >= 4 is 21.7 Å². The molecule has 0 amide bonds. The van der Waals surface area contributed by atoms with Gasteiger partial charge in [0.1, 0.15) is 4.47 Å². The highest BCUT2D eigenvalue weighted by Gasteiger charge is 2.16. The van der Waals surface area contributed by atoms with Gasteiger partial charge in [0.15, 0.2) is 5.82 Å². The molecule has 3 N–H and O–H groups in total. The van der Waals surface area contributed by atoms with Crippen molar-refractivity contribution in [3.05, 3.63) is 21.2 Å². The molecule has 0 atom stereocenters. The summed E-state index contributed by atoms with van der Waals surface area (Å²) in [6.07, 6.45) is 2.29. The molecule has 0 radical (unpaired) electrons. The molecule has 6 heteroatoms. The average Bonchev–Trinajstić information content (AvgIpc) is 2.24. The van der Waals surface area contributed by atoms with Gasteiger partial charge in [0.25, 0.3) is 5.56 Å². The van der Waals surface area contributed by atoms with Gasteiger partial charge in [0.05, 0.1) is 6.33 Å². The molecule has 0 aromatic carbocycles. The summed E-state index contributed by atoms with van der Waals surface area (Å²) >= 11 is 3.26. The molecule has 0 aliphatic rings. The van der Waals surface area contributed by atoms with E-state index in [0.717, 1.165) is 13.0 Å². The molecule has 0 bridgehead atoms. The van der Waals surface area contributed by atoms with Crippen LogP contribution in [0.4, 0.5) is 5.82 Å². The zero-order valence-corrected chi connectivity index (χ0v) is 11.1. The van der Waals surface area contributed by atoms with Gasteiger partial charge in [0.2, 0.25) is 0 Å². The van der Waals surface area contributed by atoms with E-state index in [1.54, 1.807) is 0 Å². The lowest BCUT2D eigenvalue weighted by Crippen LogP contribution is -2.35. The normalized spacial score (nSPS) is 10.8. The lowest BCUT2D eigenvalue weighted by Gasteiger charge is -2.28. The summed E-state index contributed by atoms with van der Waals surface area (Å²) in [5, 5.41) is 0. The number of nitrogens with two attached hydrogens (primary N) is 1. The van der Waals surface area contributed by atoms with E-state index < -0.39 is 0 Å². The zero-order valence-electron chi connectivity index (χ0n) is 9.53. The summed E-state index contributed by atoms with van der Waals surface area (Å²) in [6, 6.07) is 0.275. The maximum Gasteiger partial charge on any atom is 0.267 e. The van der Waals surface area contributed by atoms with Crippen molar-refractivity contribution in [2.75, 3.05) is 18.0 Å². The number of nitrogens with one attached hydrogen (secondary N) is 1. The molecule has 0 saturated carbocycles. The summed E-state index contributed by atoms with van der Waals surface area (Å²) in [5.74, 6) is 0.673. The van der Waals surface area contributed by atoms with Crippen LogP contribution in [0.3, 0.4) is 0 Å². The molecule has 0 spiro atoms. The Morgan fingerprint density at radius 1 is 1.62 bits per heavy atom. The van der Waals surface area contributed by atoms with Crippen molar-refractivity contribution < 1.29 is 0 Å². The molecule has 0 aliphatic carbocycles. The molecule has 0 aliphatic heterocycles. The van der Waals surface area contributed by atoms with E-state index in [-0.39, 0.29) is 11.6 Å². The maximum absolute atomic E-state index is 11.4. The summed E-state index contributed by atoms with van der Waals surface area (Å²) in [6.45, 7) is 5.55. The number of halogens is 1. The van der Waals surface area contributed by atoms with E-state index in [2.05, 4.69) is 44.6 Å². The Morgan fingerprint density at radius 3 is 2.88 bits per heavy atom. The van der Waals surface area contributed by atoms with Crippen molar-refractivity contribution in [2.45, 2.75) is 26.3 Å². The molecule has 0 unspecified atom stereocenters. The Hall–Kier alpha value is -0.880. The van der Waals surface area contributed by atoms with Crippen LogP contribution >= 0.6 is 15.9 Å². The molecular formula is C10H17BrN4O. The Balaban J connectivity index is 3.01. The van der Waals surface area contributed by atoms with Gasteiger partial charge >= 0.3 is 0 Å². The van der Waals surface area contributed by atoms with Crippen molar-refractivity contribution in [1.82, 2.24) is 9.97 Å². The Labute approximate surface area is 103 Å². The minimum atomic E-state index is -0.164. The molecule has 16 heavy (non-hydrogen) atoms.